The molecule has 0 saturated carbocycles. The predicted molar refractivity (Wildman–Crippen MR) is 27.8 cm³/mol. The summed E-state index contributed by atoms with van der Waals surface area (Å²) in [6, 6.07) is 0. The Kier molecular flexibility index (Phi) is 5.76. The molecule has 5 N–H and O–H groups in total. The Labute approximate surface area is 63.0 Å². The topological polar surface area (TPSA) is 110 Å². The van der Waals surface area contributed by atoms with Crippen LogP contribution in [-0.4, -0.2) is 57.7 Å². The molecule has 0 amide bonds. The van der Waals surface area contributed by atoms with E-state index < -0.39 is 13.5 Å². The fraction of sp³-hybridized carbons (Fsp3) is 1.00. The first-order valence-corrected chi connectivity index (χ1v) is 1.63. The molecular weight excluding hydrogens is 126 g/mol. The number of hydrogen-bond donors (Lipinski definition) is 5. The fourth-order valence-corrected chi connectivity index (χ4v) is 0.141. The summed E-state index contributed by atoms with van der Waals surface area (Å²) in [7, 11) is -2.41. The summed E-state index contributed by atoms with van der Waals surface area (Å²) in [5.74, 6) is 0. The van der Waals surface area contributed by atoms with E-state index in [0.29, 0.717) is 0 Å². The molecular formula is CH6BLiO6. The van der Waals surface area contributed by atoms with Crippen molar-refractivity contribution < 1.29 is 30.0 Å². The van der Waals surface area contributed by atoms with Gasteiger partial charge >= 0.3 is 32.3 Å². The molecule has 0 aromatic carbocycles. The molecule has 0 aromatic rings. The van der Waals surface area contributed by atoms with Crippen LogP contribution >= 0.6 is 0 Å². The van der Waals surface area contributed by atoms with Crippen LogP contribution in [0.15, 0.2) is 0 Å². The molecule has 0 saturated heterocycles. The number of aliphatic hydroxyl groups is 3. The van der Waals surface area contributed by atoms with E-state index in [0.717, 1.165) is 0 Å². The van der Waals surface area contributed by atoms with Crippen molar-refractivity contribution in [1.82, 2.24) is 0 Å². The van der Waals surface area contributed by atoms with Gasteiger partial charge in [-0.2, -0.15) is 0 Å². The van der Waals surface area contributed by atoms with E-state index in [1.54, 1.807) is 0 Å². The van der Waals surface area contributed by atoms with Gasteiger partial charge < -0.3 is 30.0 Å². The van der Waals surface area contributed by atoms with Crippen LogP contribution in [0.3, 0.4) is 0 Å². The molecule has 8 heteroatoms. The standard InChI is InChI=1S/CH5BO6.Li.H/c3-1(4,5)8-2(6)7;;/h3-7H;;. The van der Waals surface area contributed by atoms with Gasteiger partial charge in [-0.1, -0.05) is 0 Å². The fourth-order valence-electron chi connectivity index (χ4n) is 0.141. The molecule has 0 unspecified atom stereocenters. The van der Waals surface area contributed by atoms with Crippen LogP contribution in [0, 0.1) is 0 Å². The van der Waals surface area contributed by atoms with Crippen molar-refractivity contribution in [3.8, 4) is 0 Å². The van der Waals surface area contributed by atoms with Gasteiger partial charge in [-0.05, 0) is 0 Å². The molecule has 0 bridgehead atoms. The van der Waals surface area contributed by atoms with Crippen LogP contribution in [0.1, 0.15) is 0 Å². The second-order valence-electron chi connectivity index (χ2n) is 1.02. The minimum absolute atomic E-state index is 0. The summed E-state index contributed by atoms with van der Waals surface area (Å²) in [6.45, 7) is 0. The van der Waals surface area contributed by atoms with Gasteiger partial charge in [0.25, 0.3) is 0 Å². The Morgan fingerprint density at radius 1 is 1.11 bits per heavy atom. The average Bonchev–Trinajstić information content (AvgIpc) is 1.21. The van der Waals surface area contributed by atoms with E-state index in [2.05, 4.69) is 4.65 Å². The van der Waals surface area contributed by atoms with Crippen LogP contribution in [0.5, 0.6) is 0 Å². The quantitative estimate of drug-likeness (QED) is 0.193. The summed E-state index contributed by atoms with van der Waals surface area (Å²) in [4.78, 5) is 0. The molecule has 6 nitrogen and oxygen atoms in total. The molecule has 0 atom stereocenters. The summed E-state index contributed by atoms with van der Waals surface area (Å²) < 4.78 is 3.22. The van der Waals surface area contributed by atoms with Crippen molar-refractivity contribution in [2.45, 2.75) is 6.16 Å². The van der Waals surface area contributed by atoms with Crippen molar-refractivity contribution in [2.24, 2.45) is 0 Å². The van der Waals surface area contributed by atoms with Gasteiger partial charge in [-0.15, -0.1) is 0 Å². The van der Waals surface area contributed by atoms with Gasteiger partial charge in [-0.3, -0.25) is 0 Å². The van der Waals surface area contributed by atoms with Crippen molar-refractivity contribution in [2.75, 3.05) is 0 Å². The molecule has 0 aromatic heterocycles. The molecule has 0 fully saturated rings. The van der Waals surface area contributed by atoms with Crippen LogP contribution in [0.25, 0.3) is 0 Å². The van der Waals surface area contributed by atoms with Gasteiger partial charge in [0.05, 0.1) is 0 Å². The Bertz CT molecular complexity index is 67.9. The van der Waals surface area contributed by atoms with Gasteiger partial charge in [0, 0.05) is 0 Å². The maximum atomic E-state index is 7.76. The summed E-state index contributed by atoms with van der Waals surface area (Å²) in [6.07, 6.45) is -3.48. The second kappa shape index (κ2) is 4.27. The Balaban J connectivity index is 0. The zero-order chi connectivity index (χ0) is 6.78. The number of hydrogen-bond acceptors (Lipinski definition) is 6. The summed E-state index contributed by atoms with van der Waals surface area (Å²) in [5.41, 5.74) is 0. The Hall–Kier alpha value is 0.422. The van der Waals surface area contributed by atoms with E-state index in [1.807, 2.05) is 0 Å². The third kappa shape index (κ3) is 11.8. The van der Waals surface area contributed by atoms with Gasteiger partial charge in [0.15, 0.2) is 0 Å². The van der Waals surface area contributed by atoms with Gasteiger partial charge in [0.1, 0.15) is 0 Å². The monoisotopic (exact) mass is 132 g/mol. The van der Waals surface area contributed by atoms with Crippen molar-refractivity contribution in [1.29, 1.82) is 0 Å². The molecule has 0 aliphatic rings. The van der Waals surface area contributed by atoms with E-state index in [1.165, 1.54) is 0 Å². The van der Waals surface area contributed by atoms with E-state index in [-0.39, 0.29) is 18.9 Å². The third-order valence-corrected chi connectivity index (χ3v) is 0.264. The molecule has 50 valence electrons. The Morgan fingerprint density at radius 3 is 1.44 bits per heavy atom. The van der Waals surface area contributed by atoms with Crippen LogP contribution < -0.4 is 0 Å². The Morgan fingerprint density at radius 2 is 1.44 bits per heavy atom. The SMILES string of the molecule is OB(O)OC(O)(O)O.[LiH]. The normalized spacial score (nSPS) is 10.3. The van der Waals surface area contributed by atoms with Gasteiger partial charge in [0.2, 0.25) is 0 Å². The molecule has 0 aliphatic carbocycles. The first-order chi connectivity index (χ1) is 3.42. The first-order valence-electron chi connectivity index (χ1n) is 1.63. The minimum atomic E-state index is -3.48. The number of rotatable bonds is 2. The average molecular weight is 132 g/mol. The molecule has 0 spiro atoms. The predicted octanol–water partition coefficient (Wildman–Crippen LogP) is -4.09. The third-order valence-electron chi connectivity index (χ3n) is 0.264. The zero-order valence-corrected chi connectivity index (χ0v) is 3.72. The molecule has 0 heterocycles. The zero-order valence-electron chi connectivity index (χ0n) is 3.72. The summed E-state index contributed by atoms with van der Waals surface area (Å²) in [5, 5.41) is 38.8. The van der Waals surface area contributed by atoms with Crippen molar-refractivity contribution in [3.63, 3.8) is 0 Å². The van der Waals surface area contributed by atoms with Crippen molar-refractivity contribution in [3.05, 3.63) is 0 Å². The summed E-state index contributed by atoms with van der Waals surface area (Å²) >= 11 is 0. The maximum absolute atomic E-state index is 7.76. The van der Waals surface area contributed by atoms with Crippen LogP contribution in [0.2, 0.25) is 0 Å². The van der Waals surface area contributed by atoms with Gasteiger partial charge in [-0.25, -0.2) is 0 Å². The van der Waals surface area contributed by atoms with Crippen molar-refractivity contribution >= 4 is 26.2 Å². The molecule has 0 rings (SSSR count). The second-order valence-corrected chi connectivity index (χ2v) is 1.02. The van der Waals surface area contributed by atoms with E-state index >= 15 is 0 Å². The first kappa shape index (κ1) is 12.1. The van der Waals surface area contributed by atoms with E-state index in [9.17, 15) is 0 Å². The van der Waals surface area contributed by atoms with E-state index in [4.69, 9.17) is 25.4 Å². The molecule has 9 heavy (non-hydrogen) atoms. The molecule has 0 aliphatic heterocycles. The van der Waals surface area contributed by atoms with Crippen LogP contribution in [-0.2, 0) is 4.65 Å². The molecule has 0 radical (unpaired) electrons. The van der Waals surface area contributed by atoms with Crippen LogP contribution in [0.4, 0.5) is 0 Å².